The molecule has 0 spiro atoms. The minimum atomic E-state index is -0.225. The van der Waals surface area contributed by atoms with E-state index in [1.165, 1.54) is 12.1 Å². The van der Waals surface area contributed by atoms with Gasteiger partial charge in [-0.05, 0) is 24.1 Å². The summed E-state index contributed by atoms with van der Waals surface area (Å²) in [7, 11) is 0. The molecule has 1 aromatic rings. The zero-order valence-electron chi connectivity index (χ0n) is 7.81. The summed E-state index contributed by atoms with van der Waals surface area (Å²) in [5.74, 6) is -0.225. The monoisotopic (exact) mass is 179 g/mol. The van der Waals surface area contributed by atoms with E-state index < -0.39 is 0 Å². The standard InChI is InChI=1S/C11H14FN/c1-3-7-13-9(2)10-5-4-6-11(12)8-10/h4-6,8,13H,2-3,7H2,1H3. The van der Waals surface area contributed by atoms with E-state index in [1.807, 2.05) is 6.07 Å². The van der Waals surface area contributed by atoms with Crippen molar-refractivity contribution in [2.45, 2.75) is 13.3 Å². The fraction of sp³-hybridized carbons (Fsp3) is 0.273. The summed E-state index contributed by atoms with van der Waals surface area (Å²) < 4.78 is 12.8. The summed E-state index contributed by atoms with van der Waals surface area (Å²) in [6.07, 6.45) is 1.04. The fourth-order valence-corrected chi connectivity index (χ4v) is 1.05. The molecule has 1 nitrogen and oxygen atoms in total. The van der Waals surface area contributed by atoms with Gasteiger partial charge in [0.15, 0.2) is 0 Å². The molecule has 2 heteroatoms. The second-order valence-corrected chi connectivity index (χ2v) is 2.92. The van der Waals surface area contributed by atoms with Gasteiger partial charge < -0.3 is 5.32 Å². The van der Waals surface area contributed by atoms with E-state index >= 15 is 0 Å². The highest BCUT2D eigenvalue weighted by Gasteiger charge is 1.98. The highest BCUT2D eigenvalue weighted by atomic mass is 19.1. The Morgan fingerprint density at radius 1 is 1.54 bits per heavy atom. The van der Waals surface area contributed by atoms with Crippen molar-refractivity contribution < 1.29 is 4.39 Å². The molecule has 0 unspecified atom stereocenters. The van der Waals surface area contributed by atoms with Gasteiger partial charge in [-0.1, -0.05) is 25.6 Å². The van der Waals surface area contributed by atoms with Crippen molar-refractivity contribution in [3.8, 4) is 0 Å². The van der Waals surface area contributed by atoms with Crippen LogP contribution in [0.2, 0.25) is 0 Å². The zero-order valence-corrected chi connectivity index (χ0v) is 7.81. The first kappa shape index (κ1) is 9.78. The third-order valence-corrected chi connectivity index (χ3v) is 1.76. The minimum absolute atomic E-state index is 0.225. The highest BCUT2D eigenvalue weighted by molar-refractivity contribution is 5.61. The molecular weight excluding hydrogens is 165 g/mol. The van der Waals surface area contributed by atoms with Crippen LogP contribution in [0.5, 0.6) is 0 Å². The van der Waals surface area contributed by atoms with Gasteiger partial charge in [0.25, 0.3) is 0 Å². The number of halogens is 1. The lowest BCUT2D eigenvalue weighted by Crippen LogP contribution is -2.11. The maximum Gasteiger partial charge on any atom is 0.123 e. The Morgan fingerprint density at radius 3 is 2.92 bits per heavy atom. The van der Waals surface area contributed by atoms with Crippen LogP contribution in [0.25, 0.3) is 5.70 Å². The van der Waals surface area contributed by atoms with Crippen LogP contribution in [0.4, 0.5) is 4.39 Å². The third kappa shape index (κ3) is 2.90. The Bertz CT molecular complexity index is 294. The lowest BCUT2D eigenvalue weighted by molar-refractivity contribution is 0.627. The Labute approximate surface area is 78.3 Å². The number of hydrogen-bond donors (Lipinski definition) is 1. The molecular formula is C11H14FN. The van der Waals surface area contributed by atoms with E-state index in [9.17, 15) is 4.39 Å². The predicted octanol–water partition coefficient (Wildman–Crippen LogP) is 2.80. The highest BCUT2D eigenvalue weighted by Crippen LogP contribution is 2.10. The van der Waals surface area contributed by atoms with Gasteiger partial charge in [-0.15, -0.1) is 0 Å². The summed E-state index contributed by atoms with van der Waals surface area (Å²) in [6.45, 7) is 6.77. The fourth-order valence-electron chi connectivity index (χ4n) is 1.05. The number of benzene rings is 1. The summed E-state index contributed by atoms with van der Waals surface area (Å²) in [6, 6.07) is 6.43. The number of hydrogen-bond acceptors (Lipinski definition) is 1. The zero-order chi connectivity index (χ0) is 9.68. The van der Waals surface area contributed by atoms with Crippen LogP contribution in [-0.2, 0) is 0 Å². The molecule has 70 valence electrons. The first-order valence-electron chi connectivity index (χ1n) is 4.42. The van der Waals surface area contributed by atoms with Crippen LogP contribution in [0.3, 0.4) is 0 Å². The van der Waals surface area contributed by atoms with E-state index in [4.69, 9.17) is 0 Å². The summed E-state index contributed by atoms with van der Waals surface area (Å²) in [4.78, 5) is 0. The molecule has 0 aromatic heterocycles. The molecule has 0 fully saturated rings. The van der Waals surface area contributed by atoms with Crippen molar-refractivity contribution in [2.24, 2.45) is 0 Å². The molecule has 0 heterocycles. The predicted molar refractivity (Wildman–Crippen MR) is 53.7 cm³/mol. The van der Waals surface area contributed by atoms with Crippen LogP contribution in [0.15, 0.2) is 30.8 Å². The molecule has 0 aliphatic rings. The van der Waals surface area contributed by atoms with Gasteiger partial charge in [0.05, 0.1) is 0 Å². The Balaban J connectivity index is 2.66. The van der Waals surface area contributed by atoms with Crippen LogP contribution in [-0.4, -0.2) is 6.54 Å². The van der Waals surface area contributed by atoms with Crippen LogP contribution >= 0.6 is 0 Å². The van der Waals surface area contributed by atoms with E-state index in [2.05, 4.69) is 18.8 Å². The quantitative estimate of drug-likeness (QED) is 0.749. The van der Waals surface area contributed by atoms with E-state index in [0.29, 0.717) is 0 Å². The molecule has 0 aliphatic carbocycles. The van der Waals surface area contributed by atoms with Crippen LogP contribution < -0.4 is 5.32 Å². The van der Waals surface area contributed by atoms with Crippen LogP contribution in [0, 0.1) is 5.82 Å². The lowest BCUT2D eigenvalue weighted by Gasteiger charge is -2.07. The van der Waals surface area contributed by atoms with Gasteiger partial charge >= 0.3 is 0 Å². The van der Waals surface area contributed by atoms with Crippen molar-refractivity contribution in [3.63, 3.8) is 0 Å². The van der Waals surface area contributed by atoms with Crippen molar-refractivity contribution >= 4 is 5.70 Å². The smallest absolute Gasteiger partial charge is 0.123 e. The van der Waals surface area contributed by atoms with Gasteiger partial charge in [0, 0.05) is 12.2 Å². The van der Waals surface area contributed by atoms with Crippen molar-refractivity contribution in [3.05, 3.63) is 42.2 Å². The molecule has 0 aliphatic heterocycles. The number of rotatable bonds is 4. The number of nitrogens with one attached hydrogen (secondary N) is 1. The van der Waals surface area contributed by atoms with Gasteiger partial charge in [0.1, 0.15) is 5.82 Å². The first-order valence-corrected chi connectivity index (χ1v) is 4.42. The maximum absolute atomic E-state index is 12.8. The Morgan fingerprint density at radius 2 is 2.31 bits per heavy atom. The molecule has 1 aromatic carbocycles. The molecule has 0 saturated carbocycles. The second-order valence-electron chi connectivity index (χ2n) is 2.92. The third-order valence-electron chi connectivity index (χ3n) is 1.76. The molecule has 0 amide bonds. The maximum atomic E-state index is 12.8. The van der Waals surface area contributed by atoms with E-state index in [0.717, 1.165) is 24.2 Å². The van der Waals surface area contributed by atoms with Gasteiger partial charge in [-0.2, -0.15) is 0 Å². The second kappa shape index (κ2) is 4.65. The molecule has 0 atom stereocenters. The molecule has 0 bridgehead atoms. The Hall–Kier alpha value is -1.31. The van der Waals surface area contributed by atoms with Crippen molar-refractivity contribution in [2.75, 3.05) is 6.54 Å². The van der Waals surface area contributed by atoms with Gasteiger partial charge in [-0.25, -0.2) is 4.39 Å². The SMILES string of the molecule is C=C(NCCC)c1cccc(F)c1. The average molecular weight is 179 g/mol. The van der Waals surface area contributed by atoms with Crippen molar-refractivity contribution in [1.29, 1.82) is 0 Å². The topological polar surface area (TPSA) is 12.0 Å². The van der Waals surface area contributed by atoms with E-state index in [-0.39, 0.29) is 5.82 Å². The largest absolute Gasteiger partial charge is 0.385 e. The molecule has 1 rings (SSSR count). The molecule has 1 N–H and O–H groups in total. The van der Waals surface area contributed by atoms with Gasteiger partial charge in [-0.3, -0.25) is 0 Å². The first-order chi connectivity index (χ1) is 6.24. The normalized spacial score (nSPS) is 9.69. The molecule has 13 heavy (non-hydrogen) atoms. The van der Waals surface area contributed by atoms with Gasteiger partial charge in [0.2, 0.25) is 0 Å². The minimum Gasteiger partial charge on any atom is -0.385 e. The Kier molecular flexibility index (Phi) is 3.50. The average Bonchev–Trinajstić information content (AvgIpc) is 2.14. The summed E-state index contributed by atoms with van der Waals surface area (Å²) in [5, 5.41) is 3.11. The molecule has 0 radical (unpaired) electrons. The van der Waals surface area contributed by atoms with E-state index in [1.54, 1.807) is 6.07 Å². The molecule has 0 saturated heterocycles. The summed E-state index contributed by atoms with van der Waals surface area (Å²) >= 11 is 0. The summed E-state index contributed by atoms with van der Waals surface area (Å²) in [5.41, 5.74) is 1.59. The van der Waals surface area contributed by atoms with Crippen LogP contribution in [0.1, 0.15) is 18.9 Å². The lowest BCUT2D eigenvalue weighted by atomic mass is 10.1. The van der Waals surface area contributed by atoms with Crippen molar-refractivity contribution in [1.82, 2.24) is 5.32 Å².